The summed E-state index contributed by atoms with van der Waals surface area (Å²) in [5.74, 6) is 0.875. The Hall–Kier alpha value is -2.07. The van der Waals surface area contributed by atoms with Crippen molar-refractivity contribution in [3.8, 4) is 0 Å². The zero-order valence-corrected chi connectivity index (χ0v) is 16.4. The highest BCUT2D eigenvalue weighted by molar-refractivity contribution is 7.89. The summed E-state index contributed by atoms with van der Waals surface area (Å²) in [5, 5.41) is 5.99. The molecule has 142 valence electrons. The number of ether oxygens (including phenoxy) is 1. The molecule has 1 saturated heterocycles. The predicted octanol–water partition coefficient (Wildman–Crippen LogP) is 2.79. The molecule has 0 unspecified atom stereocenters. The Morgan fingerprint density at radius 2 is 2.07 bits per heavy atom. The van der Waals surface area contributed by atoms with Crippen LogP contribution in [0, 0.1) is 6.92 Å². The smallest absolute Gasteiger partial charge is 0.257 e. The van der Waals surface area contributed by atoms with Crippen LogP contribution in [0.4, 0.5) is 0 Å². The van der Waals surface area contributed by atoms with Gasteiger partial charge < -0.3 is 9.26 Å². The molecule has 0 radical (unpaired) electrons. The lowest BCUT2D eigenvalue weighted by Gasteiger charge is -2.30. The molecule has 0 N–H and O–H groups in total. The average Bonchev–Trinajstić information content (AvgIpc) is 3.35. The van der Waals surface area contributed by atoms with Gasteiger partial charge in [0.05, 0.1) is 11.5 Å². The van der Waals surface area contributed by atoms with Crippen LogP contribution in [0.2, 0.25) is 0 Å². The first-order chi connectivity index (χ1) is 13.0. The molecule has 2 aromatic heterocycles. The van der Waals surface area contributed by atoms with Crippen molar-refractivity contribution in [1.82, 2.24) is 14.4 Å². The first kappa shape index (κ1) is 18.3. The van der Waals surface area contributed by atoms with Crippen molar-refractivity contribution in [2.45, 2.75) is 24.3 Å². The highest BCUT2D eigenvalue weighted by Gasteiger charge is 2.34. The van der Waals surface area contributed by atoms with Crippen molar-refractivity contribution in [2.75, 3.05) is 19.7 Å². The molecule has 4 rings (SSSR count). The monoisotopic (exact) mass is 405 g/mol. The van der Waals surface area contributed by atoms with E-state index in [1.54, 1.807) is 35.6 Å². The molecule has 1 atom stereocenters. The molecule has 7 nitrogen and oxygen atoms in total. The summed E-state index contributed by atoms with van der Waals surface area (Å²) >= 11 is 1.62. The van der Waals surface area contributed by atoms with E-state index in [-0.39, 0.29) is 18.0 Å². The minimum Gasteiger partial charge on any atom is -0.366 e. The van der Waals surface area contributed by atoms with Crippen molar-refractivity contribution in [3.05, 3.63) is 63.9 Å². The molecule has 0 amide bonds. The van der Waals surface area contributed by atoms with Crippen LogP contribution < -0.4 is 0 Å². The Morgan fingerprint density at radius 1 is 1.26 bits per heavy atom. The molecule has 1 fully saturated rings. The molecule has 0 spiro atoms. The van der Waals surface area contributed by atoms with Crippen LogP contribution in [-0.2, 0) is 21.2 Å². The third-order valence-electron chi connectivity index (χ3n) is 4.36. The Kier molecular flexibility index (Phi) is 5.09. The number of hydrogen-bond acceptors (Lipinski definition) is 7. The highest BCUT2D eigenvalue weighted by atomic mass is 32.2. The molecular weight excluding hydrogens is 386 g/mol. The van der Waals surface area contributed by atoms with Gasteiger partial charge in [0.15, 0.2) is 11.9 Å². The number of rotatable bonds is 5. The summed E-state index contributed by atoms with van der Waals surface area (Å²) < 4.78 is 38.2. The predicted molar refractivity (Wildman–Crippen MR) is 100 cm³/mol. The average molecular weight is 406 g/mol. The van der Waals surface area contributed by atoms with Gasteiger partial charge in [0.25, 0.3) is 5.89 Å². The van der Waals surface area contributed by atoms with Gasteiger partial charge >= 0.3 is 0 Å². The minimum atomic E-state index is -3.59. The zero-order chi connectivity index (χ0) is 18.9. The summed E-state index contributed by atoms with van der Waals surface area (Å²) in [6.07, 6.45) is 0.0165. The lowest BCUT2D eigenvalue weighted by molar-refractivity contribution is -0.0199. The van der Waals surface area contributed by atoms with Crippen LogP contribution in [0.5, 0.6) is 0 Å². The SMILES string of the molecule is Cc1ccc(S(=O)(=O)N2CCO[C@@H](c3nc(Cc4cccs4)no3)C2)cc1. The number of nitrogens with zero attached hydrogens (tertiary/aromatic N) is 3. The lowest BCUT2D eigenvalue weighted by Crippen LogP contribution is -2.42. The van der Waals surface area contributed by atoms with E-state index in [1.807, 2.05) is 24.4 Å². The van der Waals surface area contributed by atoms with Crippen LogP contribution in [0.3, 0.4) is 0 Å². The normalized spacial score (nSPS) is 18.6. The van der Waals surface area contributed by atoms with Crippen molar-refractivity contribution in [1.29, 1.82) is 0 Å². The zero-order valence-electron chi connectivity index (χ0n) is 14.7. The van der Waals surface area contributed by atoms with E-state index >= 15 is 0 Å². The number of benzene rings is 1. The molecular formula is C18H19N3O4S2. The number of sulfonamides is 1. The molecule has 1 aliphatic heterocycles. The van der Waals surface area contributed by atoms with Crippen molar-refractivity contribution in [3.63, 3.8) is 0 Å². The van der Waals surface area contributed by atoms with E-state index in [4.69, 9.17) is 9.26 Å². The fraction of sp³-hybridized carbons (Fsp3) is 0.333. The molecule has 3 aromatic rings. The number of hydrogen-bond donors (Lipinski definition) is 0. The fourth-order valence-electron chi connectivity index (χ4n) is 2.89. The second-order valence-corrected chi connectivity index (χ2v) is 9.31. The summed E-state index contributed by atoms with van der Waals surface area (Å²) in [7, 11) is -3.59. The molecule has 0 saturated carbocycles. The maximum absolute atomic E-state index is 12.9. The molecule has 27 heavy (non-hydrogen) atoms. The molecule has 9 heteroatoms. The van der Waals surface area contributed by atoms with Gasteiger partial charge in [0.1, 0.15) is 0 Å². The van der Waals surface area contributed by atoms with Crippen LogP contribution in [0.15, 0.2) is 51.2 Å². The van der Waals surface area contributed by atoms with Crippen molar-refractivity contribution in [2.24, 2.45) is 0 Å². The van der Waals surface area contributed by atoms with Crippen molar-refractivity contribution < 1.29 is 17.7 Å². The van der Waals surface area contributed by atoms with E-state index in [0.29, 0.717) is 24.7 Å². The summed E-state index contributed by atoms with van der Waals surface area (Å²) in [6, 6.07) is 10.8. The summed E-state index contributed by atoms with van der Waals surface area (Å²) in [5.41, 5.74) is 1.01. The Bertz CT molecular complexity index is 998. The maximum Gasteiger partial charge on any atom is 0.257 e. The summed E-state index contributed by atoms with van der Waals surface area (Å²) in [4.78, 5) is 5.80. The standard InChI is InChI=1S/C18H19N3O4S2/c1-13-4-6-15(7-5-13)27(22,23)21-8-9-24-16(12-21)18-19-17(20-25-18)11-14-3-2-10-26-14/h2-7,10,16H,8-9,11-12H2,1H3/t16-/m1/s1. The topological polar surface area (TPSA) is 85.5 Å². The Balaban J connectivity index is 1.49. The number of morpholine rings is 1. The van der Waals surface area contributed by atoms with Gasteiger partial charge in [-0.1, -0.05) is 28.9 Å². The van der Waals surface area contributed by atoms with Crippen LogP contribution in [-0.4, -0.2) is 42.6 Å². The lowest BCUT2D eigenvalue weighted by atomic mass is 10.2. The third kappa shape index (κ3) is 3.96. The maximum atomic E-state index is 12.9. The number of aromatic nitrogens is 2. The van der Waals surface area contributed by atoms with E-state index in [1.165, 1.54) is 4.31 Å². The Morgan fingerprint density at radius 3 is 2.81 bits per heavy atom. The van der Waals surface area contributed by atoms with E-state index in [9.17, 15) is 8.42 Å². The number of aryl methyl sites for hydroxylation is 1. The minimum absolute atomic E-state index is 0.150. The molecule has 1 aromatic carbocycles. The Labute approximate surface area is 161 Å². The van der Waals surface area contributed by atoms with E-state index in [2.05, 4.69) is 10.1 Å². The highest BCUT2D eigenvalue weighted by Crippen LogP contribution is 2.26. The van der Waals surface area contributed by atoms with Gasteiger partial charge in [-0.15, -0.1) is 11.3 Å². The largest absolute Gasteiger partial charge is 0.366 e. The van der Waals surface area contributed by atoms with Gasteiger partial charge in [0, 0.05) is 24.4 Å². The summed E-state index contributed by atoms with van der Waals surface area (Å²) in [6.45, 7) is 2.64. The van der Waals surface area contributed by atoms with Crippen LogP contribution >= 0.6 is 11.3 Å². The second-order valence-electron chi connectivity index (χ2n) is 6.34. The molecule has 0 aliphatic carbocycles. The van der Waals surface area contributed by atoms with E-state index in [0.717, 1.165) is 10.4 Å². The van der Waals surface area contributed by atoms with Gasteiger partial charge in [-0.2, -0.15) is 9.29 Å². The number of thiophene rings is 1. The van der Waals surface area contributed by atoms with Crippen LogP contribution in [0.25, 0.3) is 0 Å². The van der Waals surface area contributed by atoms with Gasteiger partial charge in [-0.05, 0) is 30.5 Å². The van der Waals surface area contributed by atoms with E-state index < -0.39 is 16.1 Å². The quantitative estimate of drug-likeness (QED) is 0.649. The van der Waals surface area contributed by atoms with Gasteiger partial charge in [-0.3, -0.25) is 0 Å². The van der Waals surface area contributed by atoms with Crippen molar-refractivity contribution >= 4 is 21.4 Å². The third-order valence-corrected chi connectivity index (χ3v) is 7.12. The van der Waals surface area contributed by atoms with Crippen LogP contribution in [0.1, 0.15) is 28.3 Å². The molecule has 3 heterocycles. The first-order valence-corrected chi connectivity index (χ1v) is 10.9. The first-order valence-electron chi connectivity index (χ1n) is 8.55. The second kappa shape index (κ2) is 7.51. The molecule has 0 bridgehead atoms. The van der Waals surface area contributed by atoms with Gasteiger partial charge in [0.2, 0.25) is 10.0 Å². The molecule has 1 aliphatic rings. The fourth-order valence-corrected chi connectivity index (χ4v) is 5.02. The van der Waals surface area contributed by atoms with Gasteiger partial charge in [-0.25, -0.2) is 8.42 Å².